The average molecular weight is 464 g/mol. The number of fused-ring (bicyclic) bond motifs is 1. The summed E-state index contributed by atoms with van der Waals surface area (Å²) in [5.41, 5.74) is 1.30. The van der Waals surface area contributed by atoms with E-state index in [2.05, 4.69) is 4.98 Å². The van der Waals surface area contributed by atoms with E-state index in [1.165, 1.54) is 0 Å². The van der Waals surface area contributed by atoms with Crippen molar-refractivity contribution in [3.63, 3.8) is 0 Å². The number of carbonyl (C=O) groups excluding carboxylic acids is 2. The standard InChI is InChI=1S/C27H20N4O4/c1-2-3-8-22-30-23-24(26(33)21(14-29)20(13-28)25(23)32)31(22)15-16-9-11-17(12-10-16)18-6-4-5-7-19(18)27(34)35/h4-7,9-12H,2-3,8,15H2,1H3,(H,34,35). The first-order valence-electron chi connectivity index (χ1n) is 11.1. The number of nitrogens with zero attached hydrogens (tertiary/aromatic N) is 4. The molecule has 0 radical (unpaired) electrons. The van der Waals surface area contributed by atoms with Crippen LogP contribution < -0.4 is 0 Å². The molecule has 1 aliphatic carbocycles. The molecule has 0 amide bonds. The lowest BCUT2D eigenvalue weighted by Gasteiger charge is -2.15. The van der Waals surface area contributed by atoms with Gasteiger partial charge in [0.05, 0.1) is 5.56 Å². The van der Waals surface area contributed by atoms with Gasteiger partial charge in [0.1, 0.15) is 40.5 Å². The minimum Gasteiger partial charge on any atom is -0.478 e. The van der Waals surface area contributed by atoms with Gasteiger partial charge in [-0.2, -0.15) is 10.5 Å². The number of hydrogen-bond acceptors (Lipinski definition) is 6. The molecule has 35 heavy (non-hydrogen) atoms. The van der Waals surface area contributed by atoms with Gasteiger partial charge in [0.2, 0.25) is 11.6 Å². The van der Waals surface area contributed by atoms with Crippen LogP contribution >= 0.6 is 0 Å². The number of unbranched alkanes of at least 4 members (excludes halogenated alkanes) is 1. The lowest BCUT2D eigenvalue weighted by molar-refractivity contribution is 0.0697. The molecule has 8 nitrogen and oxygen atoms in total. The van der Waals surface area contributed by atoms with E-state index in [0.717, 1.165) is 24.0 Å². The van der Waals surface area contributed by atoms with Crippen molar-refractivity contribution in [3.05, 3.63) is 88.0 Å². The van der Waals surface area contributed by atoms with Gasteiger partial charge in [-0.3, -0.25) is 9.59 Å². The molecule has 1 aromatic heterocycles. The maximum absolute atomic E-state index is 13.1. The topological polar surface area (TPSA) is 137 Å². The quantitative estimate of drug-likeness (QED) is 0.548. The third-order valence-corrected chi connectivity index (χ3v) is 5.92. The molecule has 1 N–H and O–H groups in total. The minimum atomic E-state index is -1.02. The molecular weight excluding hydrogens is 444 g/mol. The molecular formula is C27H20N4O4. The SMILES string of the molecule is CCCCc1nc2c(n1Cc1ccc(-c3ccccc3C(=O)O)cc1)C(=O)C(C#N)=C(C#N)C2=O. The van der Waals surface area contributed by atoms with Crippen LogP contribution in [-0.2, 0) is 13.0 Å². The maximum atomic E-state index is 13.1. The summed E-state index contributed by atoms with van der Waals surface area (Å²) in [4.78, 5) is 41.9. The van der Waals surface area contributed by atoms with Crippen molar-refractivity contribution in [3.8, 4) is 23.3 Å². The number of hydrogen-bond donors (Lipinski definition) is 1. The first-order valence-corrected chi connectivity index (χ1v) is 11.1. The zero-order valence-electron chi connectivity index (χ0n) is 18.9. The van der Waals surface area contributed by atoms with Crippen LogP contribution in [0.25, 0.3) is 11.1 Å². The number of aromatic carboxylic acids is 1. The predicted molar refractivity (Wildman–Crippen MR) is 126 cm³/mol. The highest BCUT2D eigenvalue weighted by atomic mass is 16.4. The molecule has 8 heteroatoms. The van der Waals surface area contributed by atoms with Crippen LogP contribution in [0.3, 0.4) is 0 Å². The van der Waals surface area contributed by atoms with Gasteiger partial charge in [-0.05, 0) is 29.2 Å². The van der Waals surface area contributed by atoms with Crippen molar-refractivity contribution in [2.45, 2.75) is 32.7 Å². The summed E-state index contributed by atoms with van der Waals surface area (Å²) in [6, 6.07) is 17.3. The highest BCUT2D eigenvalue weighted by molar-refractivity contribution is 6.28. The lowest BCUT2D eigenvalue weighted by Crippen LogP contribution is -2.24. The Morgan fingerprint density at radius 1 is 1.00 bits per heavy atom. The number of Topliss-reactive ketones (excluding diaryl/α,β-unsaturated/α-hetero) is 2. The summed E-state index contributed by atoms with van der Waals surface area (Å²) in [7, 11) is 0. The zero-order valence-corrected chi connectivity index (χ0v) is 18.9. The number of allylic oxidation sites excluding steroid dienone is 2. The fourth-order valence-electron chi connectivity index (χ4n) is 4.15. The fourth-order valence-corrected chi connectivity index (χ4v) is 4.15. The van der Waals surface area contributed by atoms with Crippen LogP contribution in [0, 0.1) is 22.7 Å². The Hall–Kier alpha value is -4.82. The third kappa shape index (κ3) is 4.14. The molecule has 1 heterocycles. The number of rotatable bonds is 7. The normalized spacial score (nSPS) is 12.8. The van der Waals surface area contributed by atoms with Gasteiger partial charge in [0.25, 0.3) is 0 Å². The van der Waals surface area contributed by atoms with Gasteiger partial charge in [-0.1, -0.05) is 55.8 Å². The molecule has 0 bridgehead atoms. The second-order valence-corrected chi connectivity index (χ2v) is 8.09. The Balaban J connectivity index is 1.75. The van der Waals surface area contributed by atoms with Crippen molar-refractivity contribution in [2.24, 2.45) is 0 Å². The van der Waals surface area contributed by atoms with Crippen molar-refractivity contribution in [1.82, 2.24) is 9.55 Å². The first-order chi connectivity index (χ1) is 16.9. The molecule has 0 saturated heterocycles. The largest absolute Gasteiger partial charge is 0.478 e. The van der Waals surface area contributed by atoms with E-state index < -0.39 is 28.7 Å². The zero-order chi connectivity index (χ0) is 25.1. The summed E-state index contributed by atoms with van der Waals surface area (Å²) < 4.78 is 1.65. The van der Waals surface area contributed by atoms with Crippen molar-refractivity contribution in [1.29, 1.82) is 10.5 Å². The Labute approximate surface area is 201 Å². The molecule has 4 rings (SSSR count). The monoisotopic (exact) mass is 464 g/mol. The first kappa shape index (κ1) is 23.3. The van der Waals surface area contributed by atoms with Crippen LogP contribution in [0.2, 0.25) is 0 Å². The van der Waals surface area contributed by atoms with Gasteiger partial charge in [-0.15, -0.1) is 0 Å². The van der Waals surface area contributed by atoms with E-state index >= 15 is 0 Å². The number of carbonyl (C=O) groups is 3. The van der Waals surface area contributed by atoms with E-state index in [9.17, 15) is 30.0 Å². The number of benzene rings is 2. The van der Waals surface area contributed by atoms with Crippen LogP contribution in [-0.4, -0.2) is 32.2 Å². The van der Waals surface area contributed by atoms with Gasteiger partial charge >= 0.3 is 5.97 Å². The van der Waals surface area contributed by atoms with E-state index in [0.29, 0.717) is 17.8 Å². The van der Waals surface area contributed by atoms with Crippen LogP contribution in [0.1, 0.15) is 62.5 Å². The molecule has 3 aromatic rings. The molecule has 0 spiro atoms. The maximum Gasteiger partial charge on any atom is 0.336 e. The van der Waals surface area contributed by atoms with Gasteiger partial charge in [0.15, 0.2) is 0 Å². The van der Waals surface area contributed by atoms with Crippen molar-refractivity contribution < 1.29 is 19.5 Å². The number of aryl methyl sites for hydroxylation is 1. The summed E-state index contributed by atoms with van der Waals surface area (Å²) >= 11 is 0. The molecule has 0 aliphatic heterocycles. The lowest BCUT2D eigenvalue weighted by atomic mass is 9.91. The Morgan fingerprint density at radius 2 is 1.66 bits per heavy atom. The summed E-state index contributed by atoms with van der Waals surface area (Å²) in [6.45, 7) is 2.24. The van der Waals surface area contributed by atoms with E-state index in [4.69, 9.17) is 0 Å². The third-order valence-electron chi connectivity index (χ3n) is 5.92. The number of carboxylic acid groups (broad SMARTS) is 1. The summed E-state index contributed by atoms with van der Waals surface area (Å²) in [5, 5.41) is 28.2. The molecule has 2 aromatic carbocycles. The number of nitriles is 2. The van der Waals surface area contributed by atoms with Crippen LogP contribution in [0.15, 0.2) is 59.7 Å². The van der Waals surface area contributed by atoms with Gasteiger partial charge in [-0.25, -0.2) is 9.78 Å². The molecule has 0 unspecified atom stereocenters. The van der Waals surface area contributed by atoms with E-state index in [1.54, 1.807) is 53.1 Å². The Morgan fingerprint density at radius 3 is 2.29 bits per heavy atom. The number of imidazole rings is 1. The molecule has 0 atom stereocenters. The summed E-state index contributed by atoms with van der Waals surface area (Å²) in [6.07, 6.45) is 2.19. The predicted octanol–water partition coefficient (Wildman–Crippen LogP) is 4.36. The van der Waals surface area contributed by atoms with Crippen molar-refractivity contribution in [2.75, 3.05) is 0 Å². The van der Waals surface area contributed by atoms with E-state index in [1.807, 2.05) is 19.1 Å². The fraction of sp³-hybridized carbons (Fsp3) is 0.185. The summed E-state index contributed by atoms with van der Waals surface area (Å²) in [5.74, 6) is -1.87. The van der Waals surface area contributed by atoms with E-state index in [-0.39, 0.29) is 23.5 Å². The Bertz CT molecular complexity index is 1480. The molecule has 172 valence electrons. The number of aromatic nitrogens is 2. The highest BCUT2D eigenvalue weighted by Gasteiger charge is 2.38. The van der Waals surface area contributed by atoms with Crippen molar-refractivity contribution >= 4 is 17.5 Å². The molecule has 0 saturated carbocycles. The molecule has 1 aliphatic rings. The highest BCUT2D eigenvalue weighted by Crippen LogP contribution is 2.29. The van der Waals surface area contributed by atoms with Crippen LogP contribution in [0.5, 0.6) is 0 Å². The average Bonchev–Trinajstić information content (AvgIpc) is 3.23. The van der Waals surface area contributed by atoms with Gasteiger partial charge < -0.3 is 9.67 Å². The van der Waals surface area contributed by atoms with Gasteiger partial charge in [0, 0.05) is 13.0 Å². The minimum absolute atomic E-state index is 0.0250. The second-order valence-electron chi connectivity index (χ2n) is 8.09. The second kappa shape index (κ2) is 9.58. The smallest absolute Gasteiger partial charge is 0.336 e. The number of carboxylic acids is 1. The molecule has 0 fully saturated rings. The Kier molecular flexibility index (Phi) is 6.39. The van der Waals surface area contributed by atoms with Crippen LogP contribution in [0.4, 0.5) is 0 Å². The number of ketones is 2.